The molecule has 0 radical (unpaired) electrons. The SMILES string of the molecule is Cc1c(C(=O)N2CCC(CCO)C2)oc2ccccc12. The Balaban J connectivity index is 1.84. The Labute approximate surface area is 118 Å². The maximum atomic E-state index is 12.6. The molecule has 2 heterocycles. The summed E-state index contributed by atoms with van der Waals surface area (Å²) in [6.45, 7) is 3.59. The van der Waals surface area contributed by atoms with Gasteiger partial charge < -0.3 is 14.4 Å². The van der Waals surface area contributed by atoms with Crippen LogP contribution < -0.4 is 0 Å². The zero-order chi connectivity index (χ0) is 14.1. The fraction of sp³-hybridized carbons (Fsp3) is 0.438. The molecule has 3 rings (SSSR count). The van der Waals surface area contributed by atoms with Crippen LogP contribution in [0.5, 0.6) is 0 Å². The normalized spacial score (nSPS) is 18.9. The molecule has 106 valence electrons. The molecule has 1 aliphatic heterocycles. The summed E-state index contributed by atoms with van der Waals surface area (Å²) >= 11 is 0. The molecule has 20 heavy (non-hydrogen) atoms. The zero-order valence-electron chi connectivity index (χ0n) is 11.6. The van der Waals surface area contributed by atoms with Crippen molar-refractivity contribution in [3.63, 3.8) is 0 Å². The van der Waals surface area contributed by atoms with E-state index in [2.05, 4.69) is 0 Å². The van der Waals surface area contributed by atoms with E-state index in [9.17, 15) is 4.79 Å². The summed E-state index contributed by atoms with van der Waals surface area (Å²) in [4.78, 5) is 14.4. The van der Waals surface area contributed by atoms with Crippen molar-refractivity contribution in [3.05, 3.63) is 35.6 Å². The van der Waals surface area contributed by atoms with E-state index < -0.39 is 0 Å². The Morgan fingerprint density at radius 1 is 1.45 bits per heavy atom. The lowest BCUT2D eigenvalue weighted by molar-refractivity contribution is 0.0754. The van der Waals surface area contributed by atoms with Crippen molar-refractivity contribution in [1.29, 1.82) is 0 Å². The molecule has 2 aromatic rings. The van der Waals surface area contributed by atoms with Gasteiger partial charge in [0.1, 0.15) is 5.58 Å². The second kappa shape index (κ2) is 5.29. The first-order chi connectivity index (χ1) is 9.70. The first-order valence-electron chi connectivity index (χ1n) is 7.09. The third kappa shape index (κ3) is 2.20. The molecule has 1 aromatic carbocycles. The number of aryl methyl sites for hydroxylation is 1. The minimum atomic E-state index is -0.0286. The molecular weight excluding hydrogens is 254 g/mol. The first-order valence-corrected chi connectivity index (χ1v) is 7.09. The maximum Gasteiger partial charge on any atom is 0.289 e. The number of carbonyl (C=O) groups excluding carboxylic acids is 1. The van der Waals surface area contributed by atoms with Gasteiger partial charge in [-0.15, -0.1) is 0 Å². The van der Waals surface area contributed by atoms with Crippen LogP contribution in [0.25, 0.3) is 11.0 Å². The fourth-order valence-electron chi connectivity index (χ4n) is 2.96. The molecule has 0 saturated carbocycles. The van der Waals surface area contributed by atoms with E-state index in [1.807, 2.05) is 36.1 Å². The third-order valence-electron chi connectivity index (χ3n) is 4.15. The van der Waals surface area contributed by atoms with Crippen LogP contribution in [0.4, 0.5) is 0 Å². The van der Waals surface area contributed by atoms with Crippen LogP contribution in [0.15, 0.2) is 28.7 Å². The lowest BCUT2D eigenvalue weighted by atomic mass is 10.1. The Bertz CT molecular complexity index is 632. The monoisotopic (exact) mass is 273 g/mol. The minimum absolute atomic E-state index is 0.0286. The number of hydrogen-bond acceptors (Lipinski definition) is 3. The summed E-state index contributed by atoms with van der Waals surface area (Å²) in [5.41, 5.74) is 1.68. The summed E-state index contributed by atoms with van der Waals surface area (Å²) in [7, 11) is 0. The maximum absolute atomic E-state index is 12.6. The minimum Gasteiger partial charge on any atom is -0.451 e. The van der Waals surface area contributed by atoms with Gasteiger partial charge in [0.25, 0.3) is 5.91 Å². The van der Waals surface area contributed by atoms with Crippen LogP contribution in [0, 0.1) is 12.8 Å². The molecule has 1 amide bonds. The molecule has 0 bridgehead atoms. The number of fused-ring (bicyclic) bond motifs is 1. The van der Waals surface area contributed by atoms with Gasteiger partial charge in [0.05, 0.1) is 0 Å². The number of hydrogen-bond donors (Lipinski definition) is 1. The van der Waals surface area contributed by atoms with Crippen molar-refractivity contribution in [2.75, 3.05) is 19.7 Å². The number of rotatable bonds is 3. The van der Waals surface area contributed by atoms with Gasteiger partial charge in [0.15, 0.2) is 5.76 Å². The Morgan fingerprint density at radius 2 is 2.25 bits per heavy atom. The van der Waals surface area contributed by atoms with Gasteiger partial charge in [0, 0.05) is 30.6 Å². The second-order valence-electron chi connectivity index (χ2n) is 5.47. The lowest BCUT2D eigenvalue weighted by Crippen LogP contribution is -2.29. The summed E-state index contributed by atoms with van der Waals surface area (Å²) in [6.07, 6.45) is 1.73. The first kappa shape index (κ1) is 13.2. The van der Waals surface area contributed by atoms with E-state index in [1.165, 1.54) is 0 Å². The molecule has 1 atom stereocenters. The van der Waals surface area contributed by atoms with Gasteiger partial charge in [-0.3, -0.25) is 4.79 Å². The van der Waals surface area contributed by atoms with Crippen LogP contribution in [-0.4, -0.2) is 35.6 Å². The molecule has 1 unspecified atom stereocenters. The Morgan fingerprint density at radius 3 is 3.00 bits per heavy atom. The van der Waals surface area contributed by atoms with E-state index in [4.69, 9.17) is 9.52 Å². The summed E-state index contributed by atoms with van der Waals surface area (Å²) in [5, 5.41) is 9.99. The number of benzene rings is 1. The average Bonchev–Trinajstić information content (AvgIpc) is 3.05. The standard InChI is InChI=1S/C16H19NO3/c1-11-13-4-2-3-5-14(13)20-15(11)16(19)17-8-6-12(10-17)7-9-18/h2-5,12,18H,6-10H2,1H3. The van der Waals surface area contributed by atoms with Gasteiger partial charge >= 0.3 is 0 Å². The third-order valence-corrected chi connectivity index (χ3v) is 4.15. The Hall–Kier alpha value is -1.81. The Kier molecular flexibility index (Phi) is 3.49. The molecule has 0 aliphatic carbocycles. The molecule has 1 fully saturated rings. The number of nitrogens with zero attached hydrogens (tertiary/aromatic N) is 1. The lowest BCUT2D eigenvalue weighted by Gasteiger charge is -2.15. The van der Waals surface area contributed by atoms with Crippen LogP contribution in [-0.2, 0) is 0 Å². The molecule has 1 N–H and O–H groups in total. The highest BCUT2D eigenvalue weighted by Gasteiger charge is 2.29. The van der Waals surface area contributed by atoms with Crippen LogP contribution in [0.3, 0.4) is 0 Å². The molecule has 1 aromatic heterocycles. The number of carbonyl (C=O) groups is 1. The summed E-state index contributed by atoms with van der Waals surface area (Å²) in [6, 6.07) is 7.72. The molecule has 4 heteroatoms. The number of para-hydroxylation sites is 1. The number of aliphatic hydroxyl groups is 1. The number of likely N-dealkylation sites (tertiary alicyclic amines) is 1. The van der Waals surface area contributed by atoms with E-state index in [0.717, 1.165) is 42.5 Å². The van der Waals surface area contributed by atoms with E-state index >= 15 is 0 Å². The van der Waals surface area contributed by atoms with Gasteiger partial charge in [-0.25, -0.2) is 0 Å². The quantitative estimate of drug-likeness (QED) is 0.935. The number of aliphatic hydroxyl groups excluding tert-OH is 1. The molecule has 1 saturated heterocycles. The number of amides is 1. The average molecular weight is 273 g/mol. The highest BCUT2D eigenvalue weighted by atomic mass is 16.3. The largest absolute Gasteiger partial charge is 0.451 e. The smallest absolute Gasteiger partial charge is 0.289 e. The molecule has 4 nitrogen and oxygen atoms in total. The second-order valence-corrected chi connectivity index (χ2v) is 5.47. The van der Waals surface area contributed by atoms with Crippen molar-refractivity contribution >= 4 is 16.9 Å². The van der Waals surface area contributed by atoms with Gasteiger partial charge in [0.2, 0.25) is 0 Å². The predicted octanol–water partition coefficient (Wildman–Crippen LogP) is 2.59. The van der Waals surface area contributed by atoms with Crippen LogP contribution in [0.1, 0.15) is 29.0 Å². The molecule has 0 spiro atoms. The van der Waals surface area contributed by atoms with Crippen molar-refractivity contribution in [3.8, 4) is 0 Å². The topological polar surface area (TPSA) is 53.7 Å². The molecule has 1 aliphatic rings. The van der Waals surface area contributed by atoms with E-state index in [0.29, 0.717) is 11.7 Å². The number of furan rings is 1. The zero-order valence-corrected chi connectivity index (χ0v) is 11.6. The van der Waals surface area contributed by atoms with Crippen molar-refractivity contribution in [2.24, 2.45) is 5.92 Å². The van der Waals surface area contributed by atoms with Crippen molar-refractivity contribution in [2.45, 2.75) is 19.8 Å². The van der Waals surface area contributed by atoms with Crippen molar-refractivity contribution in [1.82, 2.24) is 4.90 Å². The summed E-state index contributed by atoms with van der Waals surface area (Å²) in [5.74, 6) is 0.837. The van der Waals surface area contributed by atoms with E-state index in [-0.39, 0.29) is 12.5 Å². The van der Waals surface area contributed by atoms with Gasteiger partial charge in [-0.2, -0.15) is 0 Å². The predicted molar refractivity (Wildman–Crippen MR) is 76.7 cm³/mol. The van der Waals surface area contributed by atoms with Crippen molar-refractivity contribution < 1.29 is 14.3 Å². The highest BCUT2D eigenvalue weighted by Crippen LogP contribution is 2.28. The van der Waals surface area contributed by atoms with Gasteiger partial charge in [-0.05, 0) is 31.7 Å². The fourth-order valence-corrected chi connectivity index (χ4v) is 2.96. The highest BCUT2D eigenvalue weighted by molar-refractivity contribution is 5.99. The summed E-state index contributed by atoms with van der Waals surface area (Å²) < 4.78 is 5.73. The van der Waals surface area contributed by atoms with Gasteiger partial charge in [-0.1, -0.05) is 18.2 Å². The molecular formula is C16H19NO3. The van der Waals surface area contributed by atoms with Crippen LogP contribution >= 0.6 is 0 Å². The van der Waals surface area contributed by atoms with E-state index in [1.54, 1.807) is 0 Å². The van der Waals surface area contributed by atoms with Crippen LogP contribution in [0.2, 0.25) is 0 Å².